The first-order valence-corrected chi connectivity index (χ1v) is 4.63. The first-order valence-electron chi connectivity index (χ1n) is 4.25. The van der Waals surface area contributed by atoms with E-state index in [1.807, 2.05) is 0 Å². The Bertz CT molecular complexity index is 522. The number of benzene rings is 1. The number of hydrogen-bond acceptors (Lipinski definition) is 3. The molecular formula is C10H5ClF2N2O. The SMILES string of the molecule is Fc1ccc(Oc2cncc(Cl)n2)cc1F. The fraction of sp³-hybridized carbons (Fsp3) is 0. The second kappa shape index (κ2) is 4.40. The maximum absolute atomic E-state index is 12.8. The van der Waals surface area contributed by atoms with E-state index in [0.29, 0.717) is 0 Å². The Morgan fingerprint density at radius 1 is 1.12 bits per heavy atom. The summed E-state index contributed by atoms with van der Waals surface area (Å²) in [5, 5.41) is 0.153. The number of ether oxygens (including phenoxy) is 1. The van der Waals surface area contributed by atoms with Gasteiger partial charge in [-0.3, -0.25) is 4.98 Å². The Kier molecular flexibility index (Phi) is 2.96. The molecule has 1 aromatic heterocycles. The predicted molar refractivity (Wildman–Crippen MR) is 53.5 cm³/mol. The molecule has 0 radical (unpaired) electrons. The van der Waals surface area contributed by atoms with Gasteiger partial charge in [-0.25, -0.2) is 8.78 Å². The van der Waals surface area contributed by atoms with Gasteiger partial charge < -0.3 is 4.74 Å². The third-order valence-electron chi connectivity index (χ3n) is 1.70. The van der Waals surface area contributed by atoms with Crippen LogP contribution in [0.5, 0.6) is 11.6 Å². The summed E-state index contributed by atoms with van der Waals surface area (Å²) in [6, 6.07) is 3.15. The van der Waals surface area contributed by atoms with Crippen LogP contribution in [0.15, 0.2) is 30.6 Å². The van der Waals surface area contributed by atoms with E-state index in [0.717, 1.165) is 12.1 Å². The van der Waals surface area contributed by atoms with Crippen LogP contribution in [0.2, 0.25) is 5.15 Å². The third-order valence-corrected chi connectivity index (χ3v) is 1.88. The lowest BCUT2D eigenvalue weighted by Gasteiger charge is -2.04. The van der Waals surface area contributed by atoms with Gasteiger partial charge in [0.1, 0.15) is 5.75 Å². The smallest absolute Gasteiger partial charge is 0.239 e. The molecular weight excluding hydrogens is 238 g/mol. The molecule has 16 heavy (non-hydrogen) atoms. The Hall–Kier alpha value is -1.75. The van der Waals surface area contributed by atoms with Crippen molar-refractivity contribution in [3.63, 3.8) is 0 Å². The zero-order chi connectivity index (χ0) is 11.5. The molecule has 0 saturated heterocycles. The van der Waals surface area contributed by atoms with E-state index < -0.39 is 11.6 Å². The largest absolute Gasteiger partial charge is 0.437 e. The molecule has 0 fully saturated rings. The van der Waals surface area contributed by atoms with Gasteiger partial charge in [0.05, 0.1) is 12.4 Å². The van der Waals surface area contributed by atoms with E-state index in [9.17, 15) is 8.78 Å². The molecule has 0 bridgehead atoms. The fourth-order valence-corrected chi connectivity index (χ4v) is 1.18. The molecule has 0 atom stereocenters. The monoisotopic (exact) mass is 242 g/mol. The molecule has 0 spiro atoms. The van der Waals surface area contributed by atoms with Crippen LogP contribution in [0.4, 0.5) is 8.78 Å². The highest BCUT2D eigenvalue weighted by molar-refractivity contribution is 6.29. The molecule has 0 N–H and O–H groups in total. The van der Waals surface area contributed by atoms with Crippen LogP contribution in [-0.4, -0.2) is 9.97 Å². The lowest BCUT2D eigenvalue weighted by molar-refractivity contribution is 0.445. The average Bonchev–Trinajstić information content (AvgIpc) is 2.24. The van der Waals surface area contributed by atoms with Gasteiger partial charge in [-0.05, 0) is 12.1 Å². The molecule has 0 unspecified atom stereocenters. The lowest BCUT2D eigenvalue weighted by Crippen LogP contribution is -1.91. The first-order chi connectivity index (χ1) is 7.65. The van der Waals surface area contributed by atoms with Crippen molar-refractivity contribution in [2.75, 3.05) is 0 Å². The standard InChI is InChI=1S/C10H5ClF2N2O/c11-9-4-14-5-10(15-9)16-6-1-2-7(12)8(13)3-6/h1-5H. The average molecular weight is 243 g/mol. The summed E-state index contributed by atoms with van der Waals surface area (Å²) in [6.45, 7) is 0. The Labute approximate surface area is 94.7 Å². The van der Waals surface area contributed by atoms with E-state index >= 15 is 0 Å². The summed E-state index contributed by atoms with van der Waals surface area (Å²) >= 11 is 5.58. The van der Waals surface area contributed by atoms with Gasteiger partial charge in [0.15, 0.2) is 16.8 Å². The maximum Gasteiger partial charge on any atom is 0.239 e. The Morgan fingerprint density at radius 3 is 2.62 bits per heavy atom. The minimum Gasteiger partial charge on any atom is -0.437 e. The Balaban J connectivity index is 2.24. The quantitative estimate of drug-likeness (QED) is 0.811. The second-order valence-corrected chi connectivity index (χ2v) is 3.25. The van der Waals surface area contributed by atoms with Crippen molar-refractivity contribution in [3.8, 4) is 11.6 Å². The molecule has 0 saturated carbocycles. The van der Waals surface area contributed by atoms with Gasteiger partial charge in [-0.15, -0.1) is 0 Å². The number of rotatable bonds is 2. The molecule has 0 amide bonds. The molecule has 3 nitrogen and oxygen atoms in total. The topological polar surface area (TPSA) is 35.0 Å². The van der Waals surface area contributed by atoms with Gasteiger partial charge in [0, 0.05) is 6.07 Å². The van der Waals surface area contributed by atoms with Crippen molar-refractivity contribution in [1.82, 2.24) is 9.97 Å². The van der Waals surface area contributed by atoms with Crippen molar-refractivity contribution in [2.45, 2.75) is 0 Å². The van der Waals surface area contributed by atoms with Crippen molar-refractivity contribution >= 4 is 11.6 Å². The summed E-state index contributed by atoms with van der Waals surface area (Å²) in [5.74, 6) is -1.70. The van der Waals surface area contributed by atoms with Crippen LogP contribution < -0.4 is 4.74 Å². The fourth-order valence-electron chi connectivity index (χ4n) is 1.04. The van der Waals surface area contributed by atoms with Gasteiger partial charge in [-0.2, -0.15) is 4.98 Å². The summed E-state index contributed by atoms with van der Waals surface area (Å²) in [6.07, 6.45) is 2.65. The summed E-state index contributed by atoms with van der Waals surface area (Å²) in [5.41, 5.74) is 0. The minimum atomic E-state index is -0.993. The van der Waals surface area contributed by atoms with Crippen molar-refractivity contribution in [3.05, 3.63) is 47.4 Å². The Morgan fingerprint density at radius 2 is 1.94 bits per heavy atom. The minimum absolute atomic E-state index is 0.110. The summed E-state index contributed by atoms with van der Waals surface area (Å²) < 4.78 is 30.6. The lowest BCUT2D eigenvalue weighted by atomic mass is 10.3. The van der Waals surface area contributed by atoms with Gasteiger partial charge in [-0.1, -0.05) is 11.6 Å². The van der Waals surface area contributed by atoms with E-state index in [-0.39, 0.29) is 16.8 Å². The van der Waals surface area contributed by atoms with Crippen LogP contribution in [0.1, 0.15) is 0 Å². The highest BCUT2D eigenvalue weighted by Gasteiger charge is 2.05. The highest BCUT2D eigenvalue weighted by Crippen LogP contribution is 2.21. The molecule has 1 heterocycles. The van der Waals surface area contributed by atoms with E-state index in [1.54, 1.807) is 0 Å². The molecule has 2 aromatic rings. The van der Waals surface area contributed by atoms with Crippen LogP contribution in [-0.2, 0) is 0 Å². The van der Waals surface area contributed by atoms with E-state index in [2.05, 4.69) is 9.97 Å². The number of nitrogens with zero attached hydrogens (tertiary/aromatic N) is 2. The number of aromatic nitrogens is 2. The van der Waals surface area contributed by atoms with Gasteiger partial charge >= 0.3 is 0 Å². The van der Waals surface area contributed by atoms with E-state index in [4.69, 9.17) is 16.3 Å². The van der Waals surface area contributed by atoms with Gasteiger partial charge in [0.25, 0.3) is 0 Å². The van der Waals surface area contributed by atoms with Crippen molar-refractivity contribution in [1.29, 1.82) is 0 Å². The molecule has 0 aliphatic carbocycles. The molecule has 1 aromatic carbocycles. The molecule has 82 valence electrons. The van der Waals surface area contributed by atoms with Crippen LogP contribution >= 0.6 is 11.6 Å². The zero-order valence-corrected chi connectivity index (χ0v) is 8.58. The van der Waals surface area contributed by atoms with Crippen LogP contribution in [0.25, 0.3) is 0 Å². The molecule has 2 rings (SSSR count). The van der Waals surface area contributed by atoms with Crippen LogP contribution in [0, 0.1) is 11.6 Å². The second-order valence-electron chi connectivity index (χ2n) is 2.86. The third kappa shape index (κ3) is 2.43. The van der Waals surface area contributed by atoms with Gasteiger partial charge in [0.2, 0.25) is 5.88 Å². The predicted octanol–water partition coefficient (Wildman–Crippen LogP) is 3.20. The first kappa shape index (κ1) is 10.8. The normalized spacial score (nSPS) is 10.2. The highest BCUT2D eigenvalue weighted by atomic mass is 35.5. The molecule has 0 aliphatic heterocycles. The maximum atomic E-state index is 12.8. The molecule has 6 heteroatoms. The van der Waals surface area contributed by atoms with Crippen LogP contribution in [0.3, 0.4) is 0 Å². The summed E-state index contributed by atoms with van der Waals surface area (Å²) in [7, 11) is 0. The van der Waals surface area contributed by atoms with E-state index in [1.165, 1.54) is 18.5 Å². The van der Waals surface area contributed by atoms with Crippen molar-refractivity contribution in [2.24, 2.45) is 0 Å². The number of hydrogen-bond donors (Lipinski definition) is 0. The molecule has 0 aliphatic rings. The number of halogens is 3. The summed E-state index contributed by atoms with van der Waals surface area (Å²) in [4.78, 5) is 7.52. The zero-order valence-electron chi connectivity index (χ0n) is 7.82. The van der Waals surface area contributed by atoms with Crippen molar-refractivity contribution < 1.29 is 13.5 Å².